The predicted octanol–water partition coefficient (Wildman–Crippen LogP) is 4.30. The normalized spacial score (nSPS) is 18.1. The summed E-state index contributed by atoms with van der Waals surface area (Å²) in [6.07, 6.45) is 0.499. The van der Waals surface area contributed by atoms with E-state index in [-0.39, 0.29) is 34.2 Å². The van der Waals surface area contributed by atoms with Gasteiger partial charge in [0.15, 0.2) is 9.84 Å². The lowest BCUT2D eigenvalue weighted by Gasteiger charge is -2.28. The van der Waals surface area contributed by atoms with Crippen LogP contribution in [0.2, 0.25) is 0 Å². The average Bonchev–Trinajstić information content (AvgIpc) is 3.18. The standard InChI is InChI=1S/C24H19F3N2O5S/c1-35(31,32)14-8-6-13(7-9-14)16-11-29-20(10-17(16)25)28-21-18(30)12-33-23(22(21)29)15-4-2-3-5-19(15)34-24(26)27/h2-11,18,23-24,30H,12H2,1H3/t18?,23-/m1/s1. The van der Waals surface area contributed by atoms with Gasteiger partial charge in [-0.15, -0.1) is 0 Å². The molecule has 1 unspecified atom stereocenters. The van der Waals surface area contributed by atoms with E-state index >= 15 is 4.39 Å². The lowest BCUT2D eigenvalue weighted by molar-refractivity contribution is -0.0548. The van der Waals surface area contributed by atoms with Gasteiger partial charge in [0.1, 0.15) is 29.4 Å². The molecule has 0 aliphatic carbocycles. The fourth-order valence-corrected chi connectivity index (χ4v) is 4.81. The largest absolute Gasteiger partial charge is 0.434 e. The van der Waals surface area contributed by atoms with Gasteiger partial charge in [0.2, 0.25) is 0 Å². The number of ether oxygens (including phenoxy) is 2. The minimum absolute atomic E-state index is 0.0926. The zero-order chi connectivity index (χ0) is 24.9. The lowest BCUT2D eigenvalue weighted by atomic mass is 9.99. The van der Waals surface area contributed by atoms with E-state index in [0.29, 0.717) is 16.8 Å². The first-order chi connectivity index (χ1) is 16.6. The molecule has 2 atom stereocenters. The van der Waals surface area contributed by atoms with Gasteiger partial charge in [0.25, 0.3) is 0 Å². The quantitative estimate of drug-likeness (QED) is 0.436. The molecule has 7 nitrogen and oxygen atoms in total. The van der Waals surface area contributed by atoms with Crippen molar-refractivity contribution in [1.29, 1.82) is 0 Å². The molecule has 1 N–H and O–H groups in total. The molecule has 1 aliphatic heterocycles. The van der Waals surface area contributed by atoms with E-state index in [0.717, 1.165) is 6.26 Å². The molecule has 2 aromatic carbocycles. The van der Waals surface area contributed by atoms with Crippen molar-refractivity contribution >= 4 is 15.5 Å². The number of aliphatic hydroxyl groups excluding tert-OH is 1. The first-order valence-corrected chi connectivity index (χ1v) is 12.4. The first kappa shape index (κ1) is 23.3. The zero-order valence-corrected chi connectivity index (χ0v) is 19.0. The third-order valence-electron chi connectivity index (χ3n) is 5.77. The third-order valence-corrected chi connectivity index (χ3v) is 6.90. The molecule has 0 saturated carbocycles. The summed E-state index contributed by atoms with van der Waals surface area (Å²) >= 11 is 0. The van der Waals surface area contributed by atoms with Crippen LogP contribution in [-0.4, -0.2) is 42.4 Å². The highest BCUT2D eigenvalue weighted by atomic mass is 32.2. The summed E-state index contributed by atoms with van der Waals surface area (Å²) in [6, 6.07) is 13.0. The number of hydrogen-bond donors (Lipinski definition) is 1. The minimum Gasteiger partial charge on any atom is -0.434 e. The van der Waals surface area contributed by atoms with Gasteiger partial charge < -0.3 is 14.6 Å². The second-order valence-corrected chi connectivity index (χ2v) is 10.1. The number of aromatic nitrogens is 2. The average molecular weight is 504 g/mol. The number of imidazole rings is 1. The Morgan fingerprint density at radius 3 is 2.57 bits per heavy atom. The number of nitrogens with zero attached hydrogens (tertiary/aromatic N) is 2. The molecule has 0 spiro atoms. The minimum atomic E-state index is -3.43. The molecule has 35 heavy (non-hydrogen) atoms. The molecular formula is C24H19F3N2O5S. The van der Waals surface area contributed by atoms with Crippen LogP contribution >= 0.6 is 0 Å². The lowest BCUT2D eigenvalue weighted by Crippen LogP contribution is -2.23. The number of aliphatic hydroxyl groups is 1. The molecule has 0 fully saturated rings. The number of sulfone groups is 1. The van der Waals surface area contributed by atoms with Crippen molar-refractivity contribution in [3.8, 4) is 16.9 Å². The van der Waals surface area contributed by atoms with E-state index in [1.54, 1.807) is 18.2 Å². The van der Waals surface area contributed by atoms with Gasteiger partial charge in [-0.3, -0.25) is 4.40 Å². The van der Waals surface area contributed by atoms with Crippen molar-refractivity contribution in [2.24, 2.45) is 0 Å². The fraction of sp³-hybridized carbons (Fsp3) is 0.208. The molecule has 0 saturated heterocycles. The van der Waals surface area contributed by atoms with Gasteiger partial charge >= 0.3 is 6.61 Å². The Bertz CT molecular complexity index is 1520. The highest BCUT2D eigenvalue weighted by molar-refractivity contribution is 7.90. The van der Waals surface area contributed by atoms with E-state index < -0.39 is 34.5 Å². The summed E-state index contributed by atoms with van der Waals surface area (Å²) in [5.74, 6) is -0.705. The molecule has 0 amide bonds. The molecule has 5 rings (SSSR count). The number of rotatable bonds is 5. The fourth-order valence-electron chi connectivity index (χ4n) is 4.18. The highest BCUT2D eigenvalue weighted by Gasteiger charge is 2.35. The SMILES string of the molecule is CS(=O)(=O)c1ccc(-c2cn3c4c(nc3cc2F)C(O)CO[C@@H]4c2ccccc2OC(F)F)cc1. The molecule has 11 heteroatoms. The van der Waals surface area contributed by atoms with Gasteiger partial charge in [0.05, 0.1) is 22.9 Å². The first-order valence-electron chi connectivity index (χ1n) is 10.5. The molecule has 182 valence electrons. The Morgan fingerprint density at radius 2 is 1.89 bits per heavy atom. The molecule has 0 radical (unpaired) electrons. The smallest absolute Gasteiger partial charge is 0.387 e. The number of hydrogen-bond acceptors (Lipinski definition) is 6. The van der Waals surface area contributed by atoms with Gasteiger partial charge in [0, 0.05) is 29.6 Å². The number of para-hydroxylation sites is 1. The maximum Gasteiger partial charge on any atom is 0.387 e. The summed E-state index contributed by atoms with van der Waals surface area (Å²) < 4.78 is 76.6. The summed E-state index contributed by atoms with van der Waals surface area (Å²) in [7, 11) is -3.43. The van der Waals surface area contributed by atoms with Crippen molar-refractivity contribution in [3.05, 3.63) is 83.6 Å². The van der Waals surface area contributed by atoms with Crippen molar-refractivity contribution in [3.63, 3.8) is 0 Å². The van der Waals surface area contributed by atoms with Crippen LogP contribution in [0.1, 0.15) is 29.2 Å². The van der Waals surface area contributed by atoms with Crippen LogP contribution in [0.4, 0.5) is 13.2 Å². The van der Waals surface area contributed by atoms with E-state index in [4.69, 9.17) is 4.74 Å². The maximum atomic E-state index is 15.1. The van der Waals surface area contributed by atoms with Crippen molar-refractivity contribution in [2.45, 2.75) is 23.7 Å². The Morgan fingerprint density at radius 1 is 1.17 bits per heavy atom. The molecule has 4 aromatic rings. The van der Waals surface area contributed by atoms with E-state index in [1.807, 2.05) is 0 Å². The van der Waals surface area contributed by atoms with Crippen molar-refractivity contribution < 1.29 is 36.2 Å². The number of alkyl halides is 2. The topological polar surface area (TPSA) is 90.1 Å². The Hall–Kier alpha value is -3.41. The summed E-state index contributed by atoms with van der Waals surface area (Å²) in [5.41, 5.74) is 1.62. The van der Waals surface area contributed by atoms with Crippen LogP contribution in [-0.2, 0) is 14.6 Å². The second kappa shape index (κ2) is 8.67. The molecule has 3 heterocycles. The predicted molar refractivity (Wildman–Crippen MR) is 120 cm³/mol. The van der Waals surface area contributed by atoms with Gasteiger partial charge in [-0.2, -0.15) is 8.78 Å². The third kappa shape index (κ3) is 4.26. The van der Waals surface area contributed by atoms with Crippen LogP contribution in [0.25, 0.3) is 16.8 Å². The Kier molecular flexibility index (Phi) is 5.78. The number of benzene rings is 2. The number of fused-ring (bicyclic) bond motifs is 3. The molecule has 1 aliphatic rings. The summed E-state index contributed by atoms with van der Waals surface area (Å²) in [4.78, 5) is 4.46. The maximum absolute atomic E-state index is 15.1. The second-order valence-electron chi connectivity index (χ2n) is 8.09. The zero-order valence-electron chi connectivity index (χ0n) is 18.2. The summed E-state index contributed by atoms with van der Waals surface area (Å²) in [5, 5.41) is 10.5. The van der Waals surface area contributed by atoms with Crippen LogP contribution in [0.5, 0.6) is 5.75 Å². The molecule has 0 bridgehead atoms. The van der Waals surface area contributed by atoms with Crippen molar-refractivity contribution in [2.75, 3.05) is 12.9 Å². The van der Waals surface area contributed by atoms with E-state index in [1.165, 1.54) is 47.0 Å². The van der Waals surface area contributed by atoms with Gasteiger partial charge in [-0.25, -0.2) is 17.8 Å². The Balaban J connectivity index is 1.68. The Labute approximate surface area is 198 Å². The van der Waals surface area contributed by atoms with E-state index in [9.17, 15) is 22.3 Å². The molecule has 2 aromatic heterocycles. The van der Waals surface area contributed by atoms with Crippen LogP contribution < -0.4 is 4.74 Å². The molecular weight excluding hydrogens is 485 g/mol. The summed E-state index contributed by atoms with van der Waals surface area (Å²) in [6.45, 7) is -3.20. The number of pyridine rings is 1. The van der Waals surface area contributed by atoms with Gasteiger partial charge in [-0.05, 0) is 23.8 Å². The van der Waals surface area contributed by atoms with E-state index in [2.05, 4.69) is 9.72 Å². The van der Waals surface area contributed by atoms with Gasteiger partial charge in [-0.1, -0.05) is 30.3 Å². The van der Waals surface area contributed by atoms with Crippen LogP contribution in [0.3, 0.4) is 0 Å². The van der Waals surface area contributed by atoms with Crippen LogP contribution in [0, 0.1) is 5.82 Å². The van der Waals surface area contributed by atoms with Crippen molar-refractivity contribution in [1.82, 2.24) is 9.38 Å². The monoisotopic (exact) mass is 504 g/mol. The number of halogens is 3. The highest BCUT2D eigenvalue weighted by Crippen LogP contribution is 2.41. The van der Waals surface area contributed by atoms with Crippen LogP contribution in [0.15, 0.2) is 65.7 Å².